The largest absolute Gasteiger partial charge is 0.393 e. The standard InChI is InChI=1S/C17H28N2O/c1-3-17(20)9-15-8-16(18)12-19(11-15)10-14-6-4-5-13(2)7-14/h4-7,15-17,20H,3,8-12,18H2,1-2H3. The molecule has 1 aliphatic heterocycles. The zero-order valence-electron chi connectivity index (χ0n) is 12.8. The summed E-state index contributed by atoms with van der Waals surface area (Å²) in [4.78, 5) is 2.44. The summed E-state index contributed by atoms with van der Waals surface area (Å²) in [7, 11) is 0. The third-order valence-corrected chi connectivity index (χ3v) is 4.21. The van der Waals surface area contributed by atoms with E-state index in [0.717, 1.165) is 38.9 Å². The Bertz CT molecular complexity index is 421. The Balaban J connectivity index is 1.94. The highest BCUT2D eigenvalue weighted by Gasteiger charge is 2.26. The lowest BCUT2D eigenvalue weighted by molar-refractivity contribution is 0.0876. The highest BCUT2D eigenvalue weighted by atomic mass is 16.3. The van der Waals surface area contributed by atoms with Gasteiger partial charge in [0.05, 0.1) is 6.10 Å². The van der Waals surface area contributed by atoms with E-state index in [2.05, 4.69) is 36.1 Å². The maximum Gasteiger partial charge on any atom is 0.0540 e. The second kappa shape index (κ2) is 7.21. The fourth-order valence-electron chi connectivity index (χ4n) is 3.27. The van der Waals surface area contributed by atoms with Crippen LogP contribution in [0.4, 0.5) is 0 Å². The third-order valence-electron chi connectivity index (χ3n) is 4.21. The van der Waals surface area contributed by atoms with Gasteiger partial charge < -0.3 is 10.8 Å². The Morgan fingerprint density at radius 1 is 1.40 bits per heavy atom. The predicted octanol–water partition coefficient (Wildman–Crippen LogP) is 2.31. The molecule has 20 heavy (non-hydrogen) atoms. The van der Waals surface area contributed by atoms with E-state index in [0.29, 0.717) is 5.92 Å². The van der Waals surface area contributed by atoms with Gasteiger partial charge in [0.1, 0.15) is 0 Å². The van der Waals surface area contributed by atoms with Gasteiger partial charge in [-0.1, -0.05) is 36.8 Å². The summed E-state index contributed by atoms with van der Waals surface area (Å²) in [5, 5.41) is 9.85. The monoisotopic (exact) mass is 276 g/mol. The molecule has 1 aromatic rings. The van der Waals surface area contributed by atoms with E-state index in [1.807, 2.05) is 6.92 Å². The summed E-state index contributed by atoms with van der Waals surface area (Å²) < 4.78 is 0. The van der Waals surface area contributed by atoms with Gasteiger partial charge in [0.2, 0.25) is 0 Å². The van der Waals surface area contributed by atoms with Gasteiger partial charge in [0.15, 0.2) is 0 Å². The SMILES string of the molecule is CCC(O)CC1CC(N)CN(Cc2cccc(C)c2)C1. The number of hydrogen-bond donors (Lipinski definition) is 2. The molecule has 2 rings (SSSR count). The number of likely N-dealkylation sites (tertiary alicyclic amines) is 1. The molecular weight excluding hydrogens is 248 g/mol. The van der Waals surface area contributed by atoms with Gasteiger partial charge in [-0.05, 0) is 37.7 Å². The Labute approximate surface area is 122 Å². The second-order valence-electron chi connectivity index (χ2n) is 6.34. The van der Waals surface area contributed by atoms with Crippen LogP contribution < -0.4 is 5.73 Å². The van der Waals surface area contributed by atoms with E-state index in [9.17, 15) is 5.11 Å². The number of nitrogens with zero attached hydrogens (tertiary/aromatic N) is 1. The summed E-state index contributed by atoms with van der Waals surface area (Å²) in [6.45, 7) is 7.16. The van der Waals surface area contributed by atoms with Crippen molar-refractivity contribution in [3.8, 4) is 0 Å². The normalized spacial score (nSPS) is 25.6. The molecule has 1 heterocycles. The molecular formula is C17H28N2O. The van der Waals surface area contributed by atoms with Crippen LogP contribution in [0.1, 0.15) is 37.3 Å². The number of rotatable bonds is 5. The predicted molar refractivity (Wildman–Crippen MR) is 83.5 cm³/mol. The van der Waals surface area contributed by atoms with Crippen LogP contribution in [0.2, 0.25) is 0 Å². The molecule has 0 aliphatic carbocycles. The molecule has 1 fully saturated rings. The lowest BCUT2D eigenvalue weighted by Gasteiger charge is -2.37. The average molecular weight is 276 g/mol. The molecule has 0 amide bonds. The van der Waals surface area contributed by atoms with Gasteiger partial charge in [0.25, 0.3) is 0 Å². The zero-order chi connectivity index (χ0) is 14.5. The van der Waals surface area contributed by atoms with Crippen LogP contribution >= 0.6 is 0 Å². The number of hydrogen-bond acceptors (Lipinski definition) is 3. The molecule has 3 heteroatoms. The first-order valence-electron chi connectivity index (χ1n) is 7.78. The van der Waals surface area contributed by atoms with Crippen LogP contribution in [0.15, 0.2) is 24.3 Å². The number of aryl methyl sites for hydroxylation is 1. The van der Waals surface area contributed by atoms with Crippen molar-refractivity contribution in [1.82, 2.24) is 4.90 Å². The summed E-state index contributed by atoms with van der Waals surface area (Å²) >= 11 is 0. The summed E-state index contributed by atoms with van der Waals surface area (Å²) in [5.41, 5.74) is 8.86. The van der Waals surface area contributed by atoms with E-state index in [-0.39, 0.29) is 12.1 Å². The van der Waals surface area contributed by atoms with Crippen molar-refractivity contribution in [2.45, 2.75) is 51.8 Å². The van der Waals surface area contributed by atoms with Gasteiger partial charge >= 0.3 is 0 Å². The molecule has 112 valence electrons. The molecule has 1 aromatic carbocycles. The molecule has 3 unspecified atom stereocenters. The quantitative estimate of drug-likeness (QED) is 0.867. The molecule has 0 spiro atoms. The first-order chi connectivity index (χ1) is 9.56. The zero-order valence-corrected chi connectivity index (χ0v) is 12.8. The van der Waals surface area contributed by atoms with Crippen molar-refractivity contribution >= 4 is 0 Å². The van der Waals surface area contributed by atoms with E-state index < -0.39 is 0 Å². The maximum absolute atomic E-state index is 9.85. The van der Waals surface area contributed by atoms with E-state index in [1.54, 1.807) is 0 Å². The highest BCUT2D eigenvalue weighted by Crippen LogP contribution is 2.23. The molecule has 0 saturated carbocycles. The van der Waals surface area contributed by atoms with Crippen molar-refractivity contribution in [1.29, 1.82) is 0 Å². The lowest BCUT2D eigenvalue weighted by Crippen LogP contribution is -2.47. The van der Waals surface area contributed by atoms with Crippen LogP contribution in [-0.4, -0.2) is 35.2 Å². The minimum absolute atomic E-state index is 0.175. The Kier molecular flexibility index (Phi) is 5.58. The van der Waals surface area contributed by atoms with Crippen molar-refractivity contribution in [3.63, 3.8) is 0 Å². The first kappa shape index (κ1) is 15.5. The van der Waals surface area contributed by atoms with Crippen molar-refractivity contribution in [2.24, 2.45) is 11.7 Å². The first-order valence-corrected chi connectivity index (χ1v) is 7.78. The van der Waals surface area contributed by atoms with Crippen LogP contribution in [0, 0.1) is 12.8 Å². The van der Waals surface area contributed by atoms with Gasteiger partial charge in [-0.25, -0.2) is 0 Å². The Morgan fingerprint density at radius 3 is 2.90 bits per heavy atom. The van der Waals surface area contributed by atoms with Crippen LogP contribution in [0.3, 0.4) is 0 Å². The average Bonchev–Trinajstić information content (AvgIpc) is 2.37. The lowest BCUT2D eigenvalue weighted by atomic mass is 9.89. The molecule has 3 nitrogen and oxygen atoms in total. The number of piperidine rings is 1. The molecule has 1 saturated heterocycles. The maximum atomic E-state index is 9.85. The van der Waals surface area contributed by atoms with Gasteiger partial charge in [-0.3, -0.25) is 4.90 Å². The molecule has 0 bridgehead atoms. The van der Waals surface area contributed by atoms with Crippen LogP contribution in [-0.2, 0) is 6.54 Å². The van der Waals surface area contributed by atoms with Crippen LogP contribution in [0.25, 0.3) is 0 Å². The smallest absolute Gasteiger partial charge is 0.0540 e. The van der Waals surface area contributed by atoms with E-state index in [1.165, 1.54) is 11.1 Å². The summed E-state index contributed by atoms with van der Waals surface area (Å²) in [6, 6.07) is 8.92. The topological polar surface area (TPSA) is 49.5 Å². The van der Waals surface area contributed by atoms with Crippen LogP contribution in [0.5, 0.6) is 0 Å². The third kappa shape index (κ3) is 4.58. The number of aliphatic hydroxyl groups excluding tert-OH is 1. The van der Waals surface area contributed by atoms with Gasteiger partial charge in [-0.2, -0.15) is 0 Å². The number of benzene rings is 1. The molecule has 0 radical (unpaired) electrons. The molecule has 3 N–H and O–H groups in total. The number of nitrogens with two attached hydrogens (primary N) is 1. The van der Waals surface area contributed by atoms with E-state index in [4.69, 9.17) is 5.73 Å². The van der Waals surface area contributed by atoms with Gasteiger partial charge in [-0.15, -0.1) is 0 Å². The molecule has 0 aromatic heterocycles. The minimum atomic E-state index is -0.175. The van der Waals surface area contributed by atoms with Crippen molar-refractivity contribution in [2.75, 3.05) is 13.1 Å². The van der Waals surface area contributed by atoms with Crippen molar-refractivity contribution in [3.05, 3.63) is 35.4 Å². The highest BCUT2D eigenvalue weighted by molar-refractivity contribution is 5.22. The fraction of sp³-hybridized carbons (Fsp3) is 0.647. The Morgan fingerprint density at radius 2 is 2.20 bits per heavy atom. The molecule has 1 aliphatic rings. The fourth-order valence-corrected chi connectivity index (χ4v) is 3.27. The van der Waals surface area contributed by atoms with Crippen molar-refractivity contribution < 1.29 is 5.11 Å². The minimum Gasteiger partial charge on any atom is -0.393 e. The Hall–Kier alpha value is -0.900. The number of aliphatic hydroxyl groups is 1. The van der Waals surface area contributed by atoms with Gasteiger partial charge in [0, 0.05) is 25.7 Å². The summed E-state index contributed by atoms with van der Waals surface area (Å²) in [5.74, 6) is 0.526. The molecule has 3 atom stereocenters. The summed E-state index contributed by atoms with van der Waals surface area (Å²) in [6.07, 6.45) is 2.59. The second-order valence-corrected chi connectivity index (χ2v) is 6.34. The van der Waals surface area contributed by atoms with E-state index >= 15 is 0 Å².